The zero-order chi connectivity index (χ0) is 20.5. The highest BCUT2D eigenvalue weighted by Gasteiger charge is 2.34. The number of nitrogens with zero attached hydrogens (tertiary/aromatic N) is 6. The summed E-state index contributed by atoms with van der Waals surface area (Å²) in [6.07, 6.45) is -0.758. The average molecular weight is 446 g/mol. The number of aryl methyl sites for hydroxylation is 1. The second kappa shape index (κ2) is 11.2. The third-order valence-corrected chi connectivity index (χ3v) is 6.81. The molecule has 0 saturated carbocycles. The van der Waals surface area contributed by atoms with E-state index in [1.807, 2.05) is 6.07 Å². The highest BCUT2D eigenvalue weighted by molar-refractivity contribution is 8.00. The number of carboxylic acids is 1. The molecule has 0 spiro atoms. The topological polar surface area (TPSA) is 155 Å². The van der Waals surface area contributed by atoms with Gasteiger partial charge in [-0.15, -0.1) is 28.6 Å². The van der Waals surface area contributed by atoms with E-state index < -0.39 is 17.6 Å². The Kier molecular flexibility index (Phi) is 9.03. The first-order valence-electron chi connectivity index (χ1n) is 8.00. The molecule has 1 aromatic rings. The Morgan fingerprint density at radius 3 is 2.96 bits per heavy atom. The number of amides is 1. The minimum Gasteiger partial charge on any atom is -0.477 e. The predicted octanol–water partition coefficient (Wildman–Crippen LogP) is -0.138. The Balaban J connectivity index is 2.01. The standard InChI is InChI=1S/C14H19N7O4S3/c1-21-14(18-19-20-21)28-6-8-5-27-12(17-10(8)13(23)24)11(25-2)16-9(22)7-26-4-3-15/h8,11-12H,4-7H2,1-2H3,(H,16,22)(H,23,24). The number of rotatable bonds is 10. The molecule has 2 heterocycles. The van der Waals surface area contributed by atoms with E-state index >= 15 is 0 Å². The van der Waals surface area contributed by atoms with Gasteiger partial charge < -0.3 is 15.2 Å². The Labute approximate surface area is 174 Å². The van der Waals surface area contributed by atoms with Crippen LogP contribution in [-0.4, -0.2) is 84.6 Å². The van der Waals surface area contributed by atoms with Crippen molar-refractivity contribution >= 4 is 52.9 Å². The van der Waals surface area contributed by atoms with E-state index in [9.17, 15) is 14.7 Å². The maximum absolute atomic E-state index is 12.0. The minimum atomic E-state index is -1.10. The van der Waals surface area contributed by atoms with Crippen molar-refractivity contribution in [2.75, 3.05) is 30.1 Å². The largest absolute Gasteiger partial charge is 0.477 e. The molecule has 28 heavy (non-hydrogen) atoms. The summed E-state index contributed by atoms with van der Waals surface area (Å²) < 4.78 is 6.82. The molecule has 11 nitrogen and oxygen atoms in total. The van der Waals surface area contributed by atoms with Gasteiger partial charge >= 0.3 is 5.97 Å². The van der Waals surface area contributed by atoms with Crippen molar-refractivity contribution < 1.29 is 19.4 Å². The van der Waals surface area contributed by atoms with Crippen LogP contribution in [-0.2, 0) is 21.4 Å². The van der Waals surface area contributed by atoms with Crippen LogP contribution in [0, 0.1) is 17.2 Å². The smallest absolute Gasteiger partial charge is 0.350 e. The molecule has 152 valence electrons. The van der Waals surface area contributed by atoms with Crippen molar-refractivity contribution in [3.63, 3.8) is 0 Å². The molecule has 0 aliphatic carbocycles. The zero-order valence-corrected chi connectivity index (χ0v) is 17.6. The number of aliphatic imine (C=N–C) groups is 1. The number of carbonyl (C=O) groups is 2. The Morgan fingerprint density at radius 1 is 1.57 bits per heavy atom. The van der Waals surface area contributed by atoms with Crippen molar-refractivity contribution in [3.05, 3.63) is 0 Å². The normalized spacial score (nSPS) is 20.1. The number of ether oxygens (including phenoxy) is 1. The first-order chi connectivity index (χ1) is 13.5. The SMILES string of the molecule is COC(NC(=O)CSCC#N)C1N=C(C(=O)O)C(CSc2nnnn2C)CS1. The fourth-order valence-electron chi connectivity index (χ4n) is 2.24. The third-order valence-electron chi connectivity index (χ3n) is 3.55. The monoisotopic (exact) mass is 445 g/mol. The highest BCUT2D eigenvalue weighted by Crippen LogP contribution is 2.30. The fraction of sp³-hybridized carbons (Fsp3) is 0.643. The van der Waals surface area contributed by atoms with Gasteiger partial charge in [0.05, 0.1) is 17.6 Å². The van der Waals surface area contributed by atoms with Gasteiger partial charge in [-0.05, 0) is 10.4 Å². The van der Waals surface area contributed by atoms with E-state index in [0.717, 1.165) is 0 Å². The van der Waals surface area contributed by atoms with Gasteiger partial charge in [0.25, 0.3) is 0 Å². The van der Waals surface area contributed by atoms with E-state index in [1.165, 1.54) is 47.1 Å². The van der Waals surface area contributed by atoms with Crippen LogP contribution in [0.2, 0.25) is 0 Å². The molecule has 0 radical (unpaired) electrons. The fourth-order valence-corrected chi connectivity index (χ4v) is 5.04. The Bertz CT molecular complexity index is 766. The van der Waals surface area contributed by atoms with Crippen molar-refractivity contribution in [1.82, 2.24) is 25.5 Å². The molecule has 0 saturated heterocycles. The van der Waals surface area contributed by atoms with Gasteiger partial charge in [0.1, 0.15) is 11.1 Å². The first-order valence-corrected chi connectivity index (χ1v) is 11.2. The first kappa shape index (κ1) is 22.5. The van der Waals surface area contributed by atoms with Crippen molar-refractivity contribution in [1.29, 1.82) is 5.26 Å². The number of nitrogens with one attached hydrogen (secondary N) is 1. The summed E-state index contributed by atoms with van der Waals surface area (Å²) in [5.41, 5.74) is 0.0431. The number of thioether (sulfide) groups is 3. The number of carbonyl (C=O) groups excluding carboxylic acids is 1. The summed E-state index contributed by atoms with van der Waals surface area (Å²) in [6, 6.07) is 1.95. The van der Waals surface area contributed by atoms with Crippen LogP contribution in [0.1, 0.15) is 0 Å². The Morgan fingerprint density at radius 2 is 2.36 bits per heavy atom. The molecule has 1 aliphatic rings. The summed E-state index contributed by atoms with van der Waals surface area (Å²) in [7, 11) is 3.13. The summed E-state index contributed by atoms with van der Waals surface area (Å²) in [6.45, 7) is 0. The van der Waals surface area contributed by atoms with Crippen LogP contribution < -0.4 is 5.32 Å². The number of tetrazole rings is 1. The average Bonchev–Trinajstić information content (AvgIpc) is 3.09. The molecule has 0 bridgehead atoms. The van der Waals surface area contributed by atoms with E-state index in [-0.39, 0.29) is 29.0 Å². The van der Waals surface area contributed by atoms with Crippen molar-refractivity contribution in [2.45, 2.75) is 16.8 Å². The zero-order valence-electron chi connectivity index (χ0n) is 15.1. The van der Waals surface area contributed by atoms with E-state index in [2.05, 4.69) is 25.8 Å². The lowest BCUT2D eigenvalue weighted by Gasteiger charge is -2.30. The molecule has 3 unspecified atom stereocenters. The molecular weight excluding hydrogens is 426 g/mol. The number of methoxy groups -OCH3 is 1. The molecule has 0 fully saturated rings. The highest BCUT2D eigenvalue weighted by atomic mass is 32.2. The lowest BCUT2D eigenvalue weighted by molar-refractivity contribution is -0.129. The van der Waals surface area contributed by atoms with Gasteiger partial charge in [-0.3, -0.25) is 9.79 Å². The summed E-state index contributed by atoms with van der Waals surface area (Å²) >= 11 is 3.96. The van der Waals surface area contributed by atoms with Crippen LogP contribution in [0.25, 0.3) is 0 Å². The minimum absolute atomic E-state index is 0.0431. The maximum Gasteiger partial charge on any atom is 0.350 e. The van der Waals surface area contributed by atoms with Crippen LogP contribution in [0.3, 0.4) is 0 Å². The number of aliphatic carboxylic acids is 1. The van der Waals surface area contributed by atoms with Gasteiger partial charge in [0, 0.05) is 31.6 Å². The predicted molar refractivity (Wildman–Crippen MR) is 106 cm³/mol. The molecule has 0 aromatic carbocycles. The number of hydrogen-bond acceptors (Lipinski definition) is 11. The Hall–Kier alpha value is -1.82. The van der Waals surface area contributed by atoms with Crippen molar-refractivity contribution in [2.24, 2.45) is 18.0 Å². The number of carboxylic acid groups (broad SMARTS) is 1. The molecule has 3 atom stereocenters. The van der Waals surface area contributed by atoms with Gasteiger partial charge in [0.2, 0.25) is 11.1 Å². The lowest BCUT2D eigenvalue weighted by Crippen LogP contribution is -2.46. The molecule has 1 amide bonds. The molecular formula is C14H19N7O4S3. The summed E-state index contributed by atoms with van der Waals surface area (Å²) in [4.78, 5) is 28.0. The number of nitriles is 1. The lowest BCUT2D eigenvalue weighted by atomic mass is 10.1. The quantitative estimate of drug-likeness (QED) is 0.281. The maximum atomic E-state index is 12.0. The van der Waals surface area contributed by atoms with Gasteiger partial charge in [0.15, 0.2) is 6.23 Å². The van der Waals surface area contributed by atoms with Gasteiger partial charge in [-0.1, -0.05) is 11.8 Å². The van der Waals surface area contributed by atoms with Crippen LogP contribution >= 0.6 is 35.3 Å². The molecule has 1 aliphatic heterocycles. The number of hydrogen-bond donors (Lipinski definition) is 2. The number of aromatic nitrogens is 4. The summed E-state index contributed by atoms with van der Waals surface area (Å²) in [5.74, 6) is -0.387. The van der Waals surface area contributed by atoms with E-state index in [4.69, 9.17) is 10.00 Å². The van der Waals surface area contributed by atoms with E-state index in [1.54, 1.807) is 7.05 Å². The van der Waals surface area contributed by atoms with Gasteiger partial charge in [-0.2, -0.15) is 5.26 Å². The third kappa shape index (κ3) is 6.36. The van der Waals surface area contributed by atoms with Crippen LogP contribution in [0.4, 0.5) is 0 Å². The van der Waals surface area contributed by atoms with Gasteiger partial charge in [-0.25, -0.2) is 9.48 Å². The van der Waals surface area contributed by atoms with Crippen LogP contribution in [0.15, 0.2) is 10.1 Å². The molecule has 2 N–H and O–H groups in total. The second-order valence-electron chi connectivity index (χ2n) is 5.51. The van der Waals surface area contributed by atoms with Crippen LogP contribution in [0.5, 0.6) is 0 Å². The van der Waals surface area contributed by atoms with E-state index in [0.29, 0.717) is 16.7 Å². The molecule has 14 heteroatoms. The molecule has 2 rings (SSSR count). The molecule has 1 aromatic heterocycles. The second-order valence-corrected chi connectivity index (χ2v) is 8.63. The van der Waals surface area contributed by atoms with Crippen molar-refractivity contribution in [3.8, 4) is 6.07 Å². The summed E-state index contributed by atoms with van der Waals surface area (Å²) in [5, 5.41) is 32.0.